The van der Waals surface area contributed by atoms with Gasteiger partial charge in [-0.25, -0.2) is 9.97 Å². The van der Waals surface area contributed by atoms with Crippen LogP contribution in [-0.4, -0.2) is 49.2 Å². The summed E-state index contributed by atoms with van der Waals surface area (Å²) in [6.45, 7) is 3.66. The highest BCUT2D eigenvalue weighted by Crippen LogP contribution is 2.30. The molecule has 0 spiro atoms. The number of piperazine rings is 1. The van der Waals surface area contributed by atoms with Crippen molar-refractivity contribution in [1.29, 1.82) is 0 Å². The van der Waals surface area contributed by atoms with E-state index in [9.17, 15) is 4.79 Å². The molecule has 2 aromatic carbocycles. The van der Waals surface area contributed by atoms with Gasteiger partial charge in [-0.15, -0.1) is 0 Å². The van der Waals surface area contributed by atoms with Crippen molar-refractivity contribution in [2.24, 2.45) is 0 Å². The Morgan fingerprint density at radius 2 is 1.74 bits per heavy atom. The lowest BCUT2D eigenvalue weighted by molar-refractivity contribution is -0.121. The molecule has 4 aromatic rings. The Kier molecular flexibility index (Phi) is 6.79. The Hall–Kier alpha value is -4.07. The van der Waals surface area contributed by atoms with Gasteiger partial charge >= 0.3 is 0 Å². The van der Waals surface area contributed by atoms with Crippen molar-refractivity contribution in [1.82, 2.24) is 15.3 Å². The first-order valence-electron chi connectivity index (χ1n) is 11.9. The maximum atomic E-state index is 12.4. The van der Waals surface area contributed by atoms with E-state index in [4.69, 9.17) is 19.1 Å². The molecule has 0 atom stereocenters. The van der Waals surface area contributed by atoms with E-state index >= 15 is 0 Å². The predicted molar refractivity (Wildman–Crippen MR) is 136 cm³/mol. The minimum atomic E-state index is -0.0508. The Morgan fingerprint density at radius 3 is 2.54 bits per heavy atom. The lowest BCUT2D eigenvalue weighted by Gasteiger charge is -2.37. The van der Waals surface area contributed by atoms with Gasteiger partial charge < -0.3 is 24.3 Å². The van der Waals surface area contributed by atoms with Crippen LogP contribution in [0.1, 0.15) is 18.0 Å². The third kappa shape index (κ3) is 5.21. The maximum absolute atomic E-state index is 12.4. The van der Waals surface area contributed by atoms with Crippen LogP contribution in [0.5, 0.6) is 5.75 Å². The van der Waals surface area contributed by atoms with Crippen molar-refractivity contribution in [3.63, 3.8) is 0 Å². The van der Waals surface area contributed by atoms with Gasteiger partial charge in [0.2, 0.25) is 5.91 Å². The van der Waals surface area contributed by atoms with E-state index in [1.807, 2.05) is 48.5 Å². The van der Waals surface area contributed by atoms with Crippen LogP contribution in [-0.2, 0) is 17.8 Å². The second kappa shape index (κ2) is 10.5. The smallest absolute Gasteiger partial charge is 0.220 e. The highest BCUT2D eigenvalue weighted by molar-refractivity contribution is 5.89. The summed E-state index contributed by atoms with van der Waals surface area (Å²) < 4.78 is 10.9. The van der Waals surface area contributed by atoms with Gasteiger partial charge in [-0.2, -0.15) is 0 Å². The van der Waals surface area contributed by atoms with Gasteiger partial charge in [-0.05, 0) is 36.4 Å². The number of rotatable bonds is 8. The fourth-order valence-electron chi connectivity index (χ4n) is 4.43. The SMILES string of the molecule is COc1ccccc1N1CCN(c2nc(CNC(=O)CCc3ccco3)nc3ccccc23)CC1. The minimum absolute atomic E-state index is 0.0508. The molecule has 1 aliphatic heterocycles. The van der Waals surface area contributed by atoms with Crippen LogP contribution in [0, 0.1) is 0 Å². The number of amides is 1. The van der Waals surface area contributed by atoms with Crippen LogP contribution in [0.4, 0.5) is 11.5 Å². The Bertz CT molecular complexity index is 1280. The second-order valence-electron chi connectivity index (χ2n) is 8.48. The van der Waals surface area contributed by atoms with Crippen LogP contribution >= 0.6 is 0 Å². The number of hydrogen-bond donors (Lipinski definition) is 1. The number of fused-ring (bicyclic) bond motifs is 1. The zero-order valence-corrected chi connectivity index (χ0v) is 19.8. The summed E-state index contributed by atoms with van der Waals surface area (Å²) in [4.78, 5) is 26.6. The van der Waals surface area contributed by atoms with Crippen molar-refractivity contribution < 1.29 is 13.9 Å². The molecule has 3 heterocycles. The highest BCUT2D eigenvalue weighted by Gasteiger charge is 2.22. The summed E-state index contributed by atoms with van der Waals surface area (Å²) in [5.74, 6) is 3.16. The molecular weight excluding hydrogens is 442 g/mol. The number of anilines is 2. The van der Waals surface area contributed by atoms with Crippen LogP contribution in [0.2, 0.25) is 0 Å². The number of ether oxygens (including phenoxy) is 1. The Balaban J connectivity index is 1.28. The topological polar surface area (TPSA) is 83.7 Å². The van der Waals surface area contributed by atoms with E-state index < -0.39 is 0 Å². The van der Waals surface area contributed by atoms with Gasteiger partial charge in [0.1, 0.15) is 17.3 Å². The number of carbonyl (C=O) groups excluding carboxylic acids is 1. The average Bonchev–Trinajstić information content (AvgIpc) is 3.44. The summed E-state index contributed by atoms with van der Waals surface area (Å²) in [6.07, 6.45) is 2.55. The molecule has 2 aromatic heterocycles. The number of aromatic nitrogens is 2. The normalized spacial score (nSPS) is 13.7. The molecule has 0 bridgehead atoms. The molecule has 8 nitrogen and oxygen atoms in total. The van der Waals surface area contributed by atoms with E-state index in [0.717, 1.165) is 60.1 Å². The molecular formula is C27H29N5O3. The summed E-state index contributed by atoms with van der Waals surface area (Å²) >= 11 is 0. The van der Waals surface area contributed by atoms with E-state index in [1.54, 1.807) is 13.4 Å². The molecule has 1 N–H and O–H groups in total. The molecule has 1 fully saturated rings. The summed E-state index contributed by atoms with van der Waals surface area (Å²) in [5, 5.41) is 3.97. The molecule has 0 radical (unpaired) electrons. The Labute approximate surface area is 204 Å². The summed E-state index contributed by atoms with van der Waals surface area (Å²) in [7, 11) is 1.71. The fraction of sp³-hybridized carbons (Fsp3) is 0.296. The van der Waals surface area contributed by atoms with Crippen molar-refractivity contribution >= 4 is 28.3 Å². The Morgan fingerprint density at radius 1 is 0.971 bits per heavy atom. The highest BCUT2D eigenvalue weighted by atomic mass is 16.5. The second-order valence-corrected chi connectivity index (χ2v) is 8.48. The number of furan rings is 1. The number of aryl methyl sites for hydroxylation is 1. The molecule has 5 rings (SSSR count). The molecule has 1 saturated heterocycles. The van der Waals surface area contributed by atoms with Crippen molar-refractivity contribution in [3.8, 4) is 5.75 Å². The fourth-order valence-corrected chi connectivity index (χ4v) is 4.43. The van der Waals surface area contributed by atoms with Crippen molar-refractivity contribution in [3.05, 3.63) is 78.5 Å². The molecule has 0 aliphatic carbocycles. The third-order valence-corrected chi connectivity index (χ3v) is 6.26. The van der Waals surface area contributed by atoms with E-state index in [-0.39, 0.29) is 12.5 Å². The summed E-state index contributed by atoms with van der Waals surface area (Å²) in [6, 6.07) is 19.9. The van der Waals surface area contributed by atoms with Gasteiger partial charge in [0, 0.05) is 44.4 Å². The molecule has 0 saturated carbocycles. The van der Waals surface area contributed by atoms with Crippen LogP contribution < -0.4 is 19.9 Å². The zero-order chi connectivity index (χ0) is 24.0. The number of benzene rings is 2. The lowest BCUT2D eigenvalue weighted by Crippen LogP contribution is -2.47. The van der Waals surface area contributed by atoms with Gasteiger partial charge in [-0.1, -0.05) is 24.3 Å². The van der Waals surface area contributed by atoms with Gasteiger partial charge in [0.25, 0.3) is 0 Å². The van der Waals surface area contributed by atoms with Crippen LogP contribution in [0.3, 0.4) is 0 Å². The van der Waals surface area contributed by atoms with Crippen molar-refractivity contribution in [2.45, 2.75) is 19.4 Å². The number of carbonyl (C=O) groups is 1. The lowest BCUT2D eigenvalue weighted by atomic mass is 10.2. The molecule has 1 aliphatic rings. The van der Waals surface area contributed by atoms with E-state index in [1.165, 1.54) is 0 Å². The van der Waals surface area contributed by atoms with E-state index in [2.05, 4.69) is 27.2 Å². The molecule has 35 heavy (non-hydrogen) atoms. The minimum Gasteiger partial charge on any atom is -0.495 e. The average molecular weight is 472 g/mol. The quantitative estimate of drug-likeness (QED) is 0.418. The van der Waals surface area contributed by atoms with Gasteiger partial charge in [-0.3, -0.25) is 4.79 Å². The molecule has 0 unspecified atom stereocenters. The first-order chi connectivity index (χ1) is 17.2. The predicted octanol–water partition coefficient (Wildman–Crippen LogP) is 3.81. The molecule has 1 amide bonds. The number of methoxy groups -OCH3 is 1. The van der Waals surface area contributed by atoms with Crippen molar-refractivity contribution in [2.75, 3.05) is 43.1 Å². The first kappa shape index (κ1) is 22.7. The third-order valence-electron chi connectivity index (χ3n) is 6.26. The molecule has 8 heteroatoms. The molecule has 180 valence electrons. The zero-order valence-electron chi connectivity index (χ0n) is 19.8. The number of para-hydroxylation sites is 3. The summed E-state index contributed by atoms with van der Waals surface area (Å²) in [5.41, 5.74) is 1.99. The standard InChI is InChI=1S/C27H29N5O3/c1-34-24-11-5-4-10-23(24)31-14-16-32(17-15-31)27-21-8-2-3-9-22(21)29-25(30-27)19-28-26(33)13-12-20-7-6-18-35-20/h2-11,18H,12-17,19H2,1H3,(H,28,33). The van der Waals surface area contributed by atoms with Gasteiger partial charge in [0.15, 0.2) is 5.82 Å². The van der Waals surface area contributed by atoms with Crippen LogP contribution in [0.25, 0.3) is 10.9 Å². The maximum Gasteiger partial charge on any atom is 0.220 e. The number of nitrogens with zero attached hydrogens (tertiary/aromatic N) is 4. The van der Waals surface area contributed by atoms with Crippen LogP contribution in [0.15, 0.2) is 71.3 Å². The van der Waals surface area contributed by atoms with Gasteiger partial charge in [0.05, 0.1) is 31.1 Å². The van der Waals surface area contributed by atoms with E-state index in [0.29, 0.717) is 18.7 Å². The monoisotopic (exact) mass is 471 g/mol. The largest absolute Gasteiger partial charge is 0.495 e. The number of nitrogens with one attached hydrogen (secondary N) is 1. The first-order valence-corrected chi connectivity index (χ1v) is 11.9. The number of hydrogen-bond acceptors (Lipinski definition) is 7.